The van der Waals surface area contributed by atoms with Crippen LogP contribution in [-0.2, 0) is 26.1 Å². The van der Waals surface area contributed by atoms with E-state index in [1.165, 1.54) is 11.8 Å². The summed E-state index contributed by atoms with van der Waals surface area (Å²) in [6, 6.07) is 0. The molecule has 4 fully saturated rings. The molecular weight excluding hydrogens is 492 g/mol. The summed E-state index contributed by atoms with van der Waals surface area (Å²) >= 11 is 1.31. The number of tetrazole rings is 1. The third-order valence-electron chi connectivity index (χ3n) is 10.1. The fraction of sp³-hybridized carbons (Fsp3) is 0.741. The molecule has 0 radical (unpaired) electrons. The van der Waals surface area contributed by atoms with Crippen LogP contribution in [-0.4, -0.2) is 66.7 Å². The van der Waals surface area contributed by atoms with E-state index in [1.54, 1.807) is 23.9 Å². The van der Waals surface area contributed by atoms with Crippen LogP contribution in [0.5, 0.6) is 0 Å². The van der Waals surface area contributed by atoms with Gasteiger partial charge in [0.05, 0.1) is 18.0 Å². The minimum absolute atomic E-state index is 0.00793. The van der Waals surface area contributed by atoms with Crippen LogP contribution in [0.25, 0.3) is 0 Å². The minimum Gasteiger partial charge on any atom is -0.393 e. The van der Waals surface area contributed by atoms with Gasteiger partial charge in [-0.25, -0.2) is 4.68 Å². The summed E-state index contributed by atoms with van der Waals surface area (Å²) in [7, 11) is 1.75. The van der Waals surface area contributed by atoms with Crippen LogP contribution in [0.15, 0.2) is 29.0 Å². The fourth-order valence-corrected chi connectivity index (χ4v) is 9.38. The first-order chi connectivity index (χ1) is 17.6. The predicted octanol–water partition coefficient (Wildman–Crippen LogP) is 3.04. The molecule has 5 aliphatic rings. The van der Waals surface area contributed by atoms with Crippen molar-refractivity contribution in [2.75, 3.05) is 5.75 Å². The van der Waals surface area contributed by atoms with Gasteiger partial charge in [-0.1, -0.05) is 50.6 Å². The molecule has 1 saturated heterocycles. The van der Waals surface area contributed by atoms with Crippen molar-refractivity contribution < 1.29 is 24.2 Å². The number of nitrogens with zero attached hydrogens (tertiary/aromatic N) is 4. The molecule has 10 heteroatoms. The number of carbonyl (C=O) groups excluding carboxylic acids is 2. The lowest BCUT2D eigenvalue weighted by atomic mass is 9.46. The summed E-state index contributed by atoms with van der Waals surface area (Å²) < 4.78 is 14.7. The number of allylic oxidation sites excluding steroid dienone is 4. The minimum atomic E-state index is -1.11. The van der Waals surface area contributed by atoms with Gasteiger partial charge in [0.1, 0.15) is 0 Å². The highest BCUT2D eigenvalue weighted by Crippen LogP contribution is 2.69. The number of hydrogen-bond acceptors (Lipinski definition) is 9. The van der Waals surface area contributed by atoms with Crippen LogP contribution >= 0.6 is 11.8 Å². The smallest absolute Gasteiger partial charge is 0.209 e. The van der Waals surface area contributed by atoms with E-state index in [1.807, 2.05) is 6.08 Å². The number of ketones is 2. The first-order valence-electron chi connectivity index (χ1n) is 13.5. The number of ether oxygens (including phenoxy) is 2. The van der Waals surface area contributed by atoms with Gasteiger partial charge in [0.2, 0.25) is 5.16 Å². The van der Waals surface area contributed by atoms with E-state index in [0.717, 1.165) is 37.7 Å². The van der Waals surface area contributed by atoms with Gasteiger partial charge in [0, 0.05) is 23.8 Å². The van der Waals surface area contributed by atoms with Crippen LogP contribution < -0.4 is 0 Å². The van der Waals surface area contributed by atoms with Gasteiger partial charge in [-0.15, -0.1) is 5.10 Å². The number of fused-ring (bicyclic) bond motifs is 7. The molecule has 0 aromatic carbocycles. The summed E-state index contributed by atoms with van der Waals surface area (Å²) in [4.78, 5) is 26.3. The van der Waals surface area contributed by atoms with E-state index in [4.69, 9.17) is 9.47 Å². The van der Waals surface area contributed by atoms with Crippen molar-refractivity contribution in [3.63, 3.8) is 0 Å². The molecule has 4 aliphatic carbocycles. The molecule has 0 spiro atoms. The predicted molar refractivity (Wildman–Crippen MR) is 135 cm³/mol. The molecule has 1 N–H and O–H groups in total. The maximum absolute atomic E-state index is 14.2. The molecule has 1 aliphatic heterocycles. The highest BCUT2D eigenvalue weighted by Gasteiger charge is 2.75. The van der Waals surface area contributed by atoms with E-state index >= 15 is 0 Å². The zero-order valence-corrected chi connectivity index (χ0v) is 22.7. The largest absolute Gasteiger partial charge is 0.393 e. The number of thioether (sulfide) groups is 1. The second-order valence-electron chi connectivity index (χ2n) is 11.9. The van der Waals surface area contributed by atoms with Crippen molar-refractivity contribution in [3.8, 4) is 0 Å². The van der Waals surface area contributed by atoms with Crippen molar-refractivity contribution in [2.45, 2.75) is 88.6 Å². The van der Waals surface area contributed by atoms with Gasteiger partial charge in [-0.3, -0.25) is 9.59 Å². The highest BCUT2D eigenvalue weighted by molar-refractivity contribution is 7.99. The Morgan fingerprint density at radius 2 is 2.16 bits per heavy atom. The Morgan fingerprint density at radius 3 is 2.89 bits per heavy atom. The number of Topliss-reactive ketones (excluding diaryl/α,β-unsaturated/α-hetero) is 1. The van der Waals surface area contributed by atoms with Crippen molar-refractivity contribution >= 4 is 23.3 Å². The molecular formula is C27H36N4O5S. The Kier molecular flexibility index (Phi) is 6.06. The quantitative estimate of drug-likeness (QED) is 0.556. The van der Waals surface area contributed by atoms with E-state index in [2.05, 4.69) is 36.3 Å². The SMILES string of the molecule is CCC[C@@H]1O[C@@H]2CC3C4CCC5=CC(=O)C=CC5(C)C4C(O)CC3(C)[C@]2(C(=O)CSc2nnnn2C)O1. The van der Waals surface area contributed by atoms with Crippen molar-refractivity contribution in [2.24, 2.45) is 35.6 Å². The number of rotatable bonds is 6. The second kappa shape index (κ2) is 8.83. The molecule has 1 aromatic rings. The fourth-order valence-electron chi connectivity index (χ4n) is 8.59. The summed E-state index contributed by atoms with van der Waals surface area (Å²) in [6.07, 6.45) is 8.60. The molecule has 0 bridgehead atoms. The average Bonchev–Trinajstić information content (AvgIpc) is 3.49. The molecule has 0 amide bonds. The van der Waals surface area contributed by atoms with Gasteiger partial charge in [0.25, 0.3) is 0 Å². The maximum Gasteiger partial charge on any atom is 0.209 e. The molecule has 6 unspecified atom stereocenters. The number of aryl methyl sites for hydroxylation is 1. The van der Waals surface area contributed by atoms with Crippen LogP contribution in [0, 0.1) is 28.6 Å². The zero-order valence-electron chi connectivity index (χ0n) is 21.9. The third-order valence-corrected chi connectivity index (χ3v) is 11.2. The summed E-state index contributed by atoms with van der Waals surface area (Å²) in [5, 5.41) is 24.0. The lowest BCUT2D eigenvalue weighted by molar-refractivity contribution is -0.197. The van der Waals surface area contributed by atoms with Crippen LogP contribution in [0.2, 0.25) is 0 Å². The molecule has 9 atom stereocenters. The summed E-state index contributed by atoms with van der Waals surface area (Å²) in [6.45, 7) is 6.40. The number of aliphatic hydroxyl groups excluding tert-OH is 1. The van der Waals surface area contributed by atoms with E-state index in [-0.39, 0.29) is 46.6 Å². The first kappa shape index (κ1) is 25.4. The second-order valence-corrected chi connectivity index (χ2v) is 12.9. The third kappa shape index (κ3) is 3.51. The Balaban J connectivity index is 1.36. The number of carbonyl (C=O) groups is 2. The lowest BCUT2D eigenvalue weighted by Gasteiger charge is -2.59. The summed E-state index contributed by atoms with van der Waals surface area (Å²) in [5.74, 6) is 0.562. The van der Waals surface area contributed by atoms with Gasteiger partial charge in [0.15, 0.2) is 23.5 Å². The van der Waals surface area contributed by atoms with Crippen LogP contribution in [0.3, 0.4) is 0 Å². The molecule has 200 valence electrons. The Morgan fingerprint density at radius 1 is 1.35 bits per heavy atom. The van der Waals surface area contributed by atoms with E-state index < -0.39 is 23.4 Å². The number of aromatic nitrogens is 4. The highest BCUT2D eigenvalue weighted by atomic mass is 32.2. The Labute approximate surface area is 221 Å². The number of hydrogen-bond donors (Lipinski definition) is 1. The molecule has 2 heterocycles. The van der Waals surface area contributed by atoms with Gasteiger partial charge in [-0.2, -0.15) is 0 Å². The van der Waals surface area contributed by atoms with Crippen LogP contribution in [0.1, 0.15) is 59.3 Å². The zero-order chi connectivity index (χ0) is 26.2. The Hall–Kier alpha value is -1.88. The molecule has 3 saturated carbocycles. The van der Waals surface area contributed by atoms with Crippen molar-refractivity contribution in [1.82, 2.24) is 20.2 Å². The monoisotopic (exact) mass is 528 g/mol. The van der Waals surface area contributed by atoms with Crippen molar-refractivity contribution in [1.29, 1.82) is 0 Å². The van der Waals surface area contributed by atoms with Gasteiger partial charge in [-0.05, 0) is 66.5 Å². The molecule has 37 heavy (non-hydrogen) atoms. The average molecular weight is 529 g/mol. The van der Waals surface area contributed by atoms with Gasteiger partial charge < -0.3 is 14.6 Å². The number of aliphatic hydroxyl groups is 1. The van der Waals surface area contributed by atoms with E-state index in [0.29, 0.717) is 11.6 Å². The lowest BCUT2D eigenvalue weighted by Crippen LogP contribution is -2.63. The van der Waals surface area contributed by atoms with E-state index in [9.17, 15) is 14.7 Å². The molecule has 1 aromatic heterocycles. The summed E-state index contributed by atoms with van der Waals surface area (Å²) in [5.41, 5.74) is -0.912. The maximum atomic E-state index is 14.2. The Bertz CT molecular complexity index is 1180. The van der Waals surface area contributed by atoms with Gasteiger partial charge >= 0.3 is 0 Å². The molecule has 6 rings (SSSR count). The first-order valence-corrected chi connectivity index (χ1v) is 14.5. The standard InChI is InChI=1S/C27H36N4O5S/c1-5-6-22-35-21-12-18-17-8-7-15-11-16(32)9-10-25(15,2)23(17)19(33)13-26(18,3)27(21,36-22)20(34)14-37-24-28-29-30-31(24)4/h9-11,17-19,21-23,33H,5-8,12-14H2,1-4H3/t17?,18?,19?,21-,22-,23?,25?,26?,27-/m1/s1. The topological polar surface area (TPSA) is 116 Å². The molecule has 9 nitrogen and oxygen atoms in total. The van der Waals surface area contributed by atoms with Crippen LogP contribution in [0.4, 0.5) is 0 Å². The van der Waals surface area contributed by atoms with Crippen molar-refractivity contribution in [3.05, 3.63) is 23.8 Å². The normalized spacial score (nSPS) is 44.1.